The van der Waals surface area contributed by atoms with Gasteiger partial charge in [-0.25, -0.2) is 0 Å². The molecular formula is C15H28N4. The summed E-state index contributed by atoms with van der Waals surface area (Å²) in [7, 11) is 1.99. The molecule has 1 aliphatic heterocycles. The molecule has 0 saturated carbocycles. The lowest BCUT2D eigenvalue weighted by Gasteiger charge is -2.41. The number of rotatable bonds is 5. The largest absolute Gasteiger partial charge is 0.311 e. The summed E-state index contributed by atoms with van der Waals surface area (Å²) in [6.07, 6.45) is 6.60. The molecule has 108 valence electrons. The number of hydrogen-bond acceptors (Lipinski definition) is 3. The van der Waals surface area contributed by atoms with Crippen molar-refractivity contribution in [2.75, 3.05) is 13.1 Å². The van der Waals surface area contributed by atoms with E-state index in [1.165, 1.54) is 18.4 Å². The van der Waals surface area contributed by atoms with Crippen LogP contribution in [0.3, 0.4) is 0 Å². The highest BCUT2D eigenvalue weighted by Crippen LogP contribution is 2.19. The van der Waals surface area contributed by atoms with Crippen LogP contribution in [0.2, 0.25) is 0 Å². The molecule has 1 aliphatic rings. The highest BCUT2D eigenvalue weighted by atomic mass is 15.3. The molecule has 0 amide bonds. The van der Waals surface area contributed by atoms with Crippen molar-refractivity contribution < 1.29 is 0 Å². The van der Waals surface area contributed by atoms with Crippen molar-refractivity contribution in [2.24, 2.45) is 13.0 Å². The van der Waals surface area contributed by atoms with Crippen LogP contribution in [0, 0.1) is 5.92 Å². The van der Waals surface area contributed by atoms with Gasteiger partial charge in [-0.05, 0) is 18.8 Å². The Morgan fingerprint density at radius 1 is 1.47 bits per heavy atom. The van der Waals surface area contributed by atoms with E-state index in [0.29, 0.717) is 12.1 Å². The van der Waals surface area contributed by atoms with Gasteiger partial charge in [0.2, 0.25) is 0 Å². The van der Waals surface area contributed by atoms with Crippen molar-refractivity contribution >= 4 is 0 Å². The van der Waals surface area contributed by atoms with Gasteiger partial charge in [-0.3, -0.25) is 9.58 Å². The Labute approximate surface area is 117 Å². The number of aryl methyl sites for hydroxylation is 1. The van der Waals surface area contributed by atoms with Crippen LogP contribution in [0.4, 0.5) is 0 Å². The molecule has 4 nitrogen and oxygen atoms in total. The van der Waals surface area contributed by atoms with Gasteiger partial charge in [0.15, 0.2) is 0 Å². The molecule has 2 unspecified atom stereocenters. The van der Waals surface area contributed by atoms with E-state index in [2.05, 4.69) is 42.3 Å². The average molecular weight is 264 g/mol. The van der Waals surface area contributed by atoms with Gasteiger partial charge in [0.1, 0.15) is 0 Å². The zero-order valence-electron chi connectivity index (χ0n) is 12.8. The van der Waals surface area contributed by atoms with Crippen molar-refractivity contribution in [3.05, 3.63) is 18.0 Å². The lowest BCUT2D eigenvalue weighted by Crippen LogP contribution is -2.56. The number of hydrogen-bond donors (Lipinski definition) is 1. The third-order valence-corrected chi connectivity index (χ3v) is 3.99. The standard InChI is InChI=1S/C15H28N4/c1-5-14-11-19(10-13-7-17-18(4)9-13)15(8-16-14)6-12(2)3/h7,9,12,14-16H,5-6,8,10-11H2,1-4H3. The summed E-state index contributed by atoms with van der Waals surface area (Å²) in [5, 5.41) is 7.96. The maximum Gasteiger partial charge on any atom is 0.0534 e. The fourth-order valence-corrected chi connectivity index (χ4v) is 2.96. The molecular weight excluding hydrogens is 236 g/mol. The van der Waals surface area contributed by atoms with Crippen LogP contribution in [0.1, 0.15) is 39.2 Å². The van der Waals surface area contributed by atoms with E-state index >= 15 is 0 Å². The van der Waals surface area contributed by atoms with Gasteiger partial charge in [0, 0.05) is 50.5 Å². The topological polar surface area (TPSA) is 33.1 Å². The van der Waals surface area contributed by atoms with E-state index < -0.39 is 0 Å². The first-order chi connectivity index (χ1) is 9.08. The molecule has 0 spiro atoms. The second-order valence-corrected chi connectivity index (χ2v) is 6.25. The van der Waals surface area contributed by atoms with E-state index in [-0.39, 0.29) is 0 Å². The monoisotopic (exact) mass is 264 g/mol. The third kappa shape index (κ3) is 4.05. The Balaban J connectivity index is 2.01. The molecule has 1 aromatic rings. The minimum atomic E-state index is 0.639. The van der Waals surface area contributed by atoms with Crippen molar-refractivity contribution in [1.82, 2.24) is 20.0 Å². The van der Waals surface area contributed by atoms with Gasteiger partial charge in [0.05, 0.1) is 6.20 Å². The molecule has 1 N–H and O–H groups in total. The lowest BCUT2D eigenvalue weighted by molar-refractivity contribution is 0.105. The summed E-state index contributed by atoms with van der Waals surface area (Å²) < 4.78 is 1.90. The average Bonchev–Trinajstić information content (AvgIpc) is 2.76. The molecule has 1 aromatic heterocycles. The first-order valence-electron chi connectivity index (χ1n) is 7.53. The Hall–Kier alpha value is -0.870. The summed E-state index contributed by atoms with van der Waals surface area (Å²) in [6.45, 7) is 10.2. The predicted octanol–water partition coefficient (Wildman–Crippen LogP) is 2.02. The molecule has 1 saturated heterocycles. The van der Waals surface area contributed by atoms with Crippen LogP contribution in [0.25, 0.3) is 0 Å². The Morgan fingerprint density at radius 3 is 2.84 bits per heavy atom. The molecule has 1 fully saturated rings. The molecule has 0 radical (unpaired) electrons. The van der Waals surface area contributed by atoms with E-state index in [4.69, 9.17) is 0 Å². The van der Waals surface area contributed by atoms with Gasteiger partial charge in [0.25, 0.3) is 0 Å². The molecule has 0 aliphatic carbocycles. The number of aromatic nitrogens is 2. The van der Waals surface area contributed by atoms with Gasteiger partial charge in [-0.1, -0.05) is 20.8 Å². The number of nitrogens with one attached hydrogen (secondary N) is 1. The van der Waals surface area contributed by atoms with Crippen LogP contribution in [0.5, 0.6) is 0 Å². The van der Waals surface area contributed by atoms with Gasteiger partial charge in [-0.2, -0.15) is 5.10 Å². The second-order valence-electron chi connectivity index (χ2n) is 6.25. The lowest BCUT2D eigenvalue weighted by atomic mass is 9.98. The molecule has 2 heterocycles. The van der Waals surface area contributed by atoms with Crippen molar-refractivity contribution in [1.29, 1.82) is 0 Å². The minimum absolute atomic E-state index is 0.639. The zero-order valence-corrected chi connectivity index (χ0v) is 12.8. The summed E-state index contributed by atoms with van der Waals surface area (Å²) in [6, 6.07) is 1.29. The van der Waals surface area contributed by atoms with Crippen molar-refractivity contribution in [2.45, 2.75) is 52.2 Å². The molecule has 0 bridgehead atoms. The predicted molar refractivity (Wildman–Crippen MR) is 78.9 cm³/mol. The smallest absolute Gasteiger partial charge is 0.0534 e. The summed E-state index contributed by atoms with van der Waals surface area (Å²) in [4.78, 5) is 2.64. The maximum absolute atomic E-state index is 4.28. The molecule has 2 atom stereocenters. The quantitative estimate of drug-likeness (QED) is 0.883. The SMILES string of the molecule is CCC1CN(Cc2cnn(C)c2)C(CC(C)C)CN1. The molecule has 0 aromatic carbocycles. The summed E-state index contributed by atoms with van der Waals surface area (Å²) in [5.41, 5.74) is 1.33. The highest BCUT2D eigenvalue weighted by molar-refractivity contribution is 5.04. The first kappa shape index (κ1) is 14.5. The van der Waals surface area contributed by atoms with Crippen molar-refractivity contribution in [3.63, 3.8) is 0 Å². The van der Waals surface area contributed by atoms with Crippen LogP contribution >= 0.6 is 0 Å². The molecule has 4 heteroatoms. The summed E-state index contributed by atoms with van der Waals surface area (Å²) in [5.74, 6) is 0.751. The van der Waals surface area contributed by atoms with Gasteiger partial charge < -0.3 is 5.32 Å². The summed E-state index contributed by atoms with van der Waals surface area (Å²) >= 11 is 0. The zero-order chi connectivity index (χ0) is 13.8. The Morgan fingerprint density at radius 2 is 2.26 bits per heavy atom. The fourth-order valence-electron chi connectivity index (χ4n) is 2.96. The first-order valence-corrected chi connectivity index (χ1v) is 7.53. The molecule has 2 rings (SSSR count). The maximum atomic E-state index is 4.28. The van der Waals surface area contributed by atoms with E-state index in [9.17, 15) is 0 Å². The minimum Gasteiger partial charge on any atom is -0.311 e. The molecule has 19 heavy (non-hydrogen) atoms. The second kappa shape index (κ2) is 6.53. The van der Waals surface area contributed by atoms with Crippen LogP contribution in [-0.2, 0) is 13.6 Å². The Bertz CT molecular complexity index is 385. The van der Waals surface area contributed by atoms with E-state index in [0.717, 1.165) is 25.6 Å². The van der Waals surface area contributed by atoms with Gasteiger partial charge in [-0.15, -0.1) is 0 Å². The van der Waals surface area contributed by atoms with Crippen LogP contribution in [-0.4, -0.2) is 39.9 Å². The normalized spacial score (nSPS) is 25.1. The third-order valence-electron chi connectivity index (χ3n) is 3.99. The number of piperazine rings is 1. The van der Waals surface area contributed by atoms with Crippen LogP contribution in [0.15, 0.2) is 12.4 Å². The fraction of sp³-hybridized carbons (Fsp3) is 0.800. The van der Waals surface area contributed by atoms with Gasteiger partial charge >= 0.3 is 0 Å². The van der Waals surface area contributed by atoms with Crippen LogP contribution < -0.4 is 5.32 Å². The number of nitrogens with zero attached hydrogens (tertiary/aromatic N) is 3. The van der Waals surface area contributed by atoms with E-state index in [1.54, 1.807) is 0 Å². The van der Waals surface area contributed by atoms with Crippen molar-refractivity contribution in [3.8, 4) is 0 Å². The van der Waals surface area contributed by atoms with E-state index in [1.807, 2.05) is 17.9 Å². The highest BCUT2D eigenvalue weighted by Gasteiger charge is 2.27. The Kier molecular flexibility index (Phi) is 4.99.